The summed E-state index contributed by atoms with van der Waals surface area (Å²) in [4.78, 5) is 23.8. The topological polar surface area (TPSA) is 67.4 Å². The Kier molecular flexibility index (Phi) is 5.62. The quantitative estimate of drug-likeness (QED) is 0.757. The molecule has 0 unspecified atom stereocenters. The van der Waals surface area contributed by atoms with Gasteiger partial charge in [-0.05, 0) is 32.2 Å². The Bertz CT molecular complexity index is 351. The van der Waals surface area contributed by atoms with E-state index in [0.717, 1.165) is 32.4 Å². The first-order chi connectivity index (χ1) is 8.60. The van der Waals surface area contributed by atoms with Crippen molar-refractivity contribution < 1.29 is 14.3 Å². The lowest BCUT2D eigenvalue weighted by Gasteiger charge is -2.37. The van der Waals surface area contributed by atoms with E-state index in [0.29, 0.717) is 5.92 Å². The summed E-state index contributed by atoms with van der Waals surface area (Å²) in [5.74, 6) is 0.0317. The molecule has 19 heavy (non-hydrogen) atoms. The largest absolute Gasteiger partial charge is 0.467 e. The van der Waals surface area contributed by atoms with Gasteiger partial charge in [0.25, 0.3) is 0 Å². The Hall–Kier alpha value is -0.810. The zero-order valence-corrected chi connectivity index (χ0v) is 12.3. The lowest BCUT2D eigenvalue weighted by Crippen LogP contribution is -2.52. The second-order valence-electron chi connectivity index (χ2n) is 5.45. The number of carbonyl (C=O) groups is 2. The maximum atomic E-state index is 12.5. The molecule has 2 aliphatic rings. The molecule has 0 radical (unpaired) electrons. The number of ether oxygens (including phenoxy) is 1. The minimum Gasteiger partial charge on any atom is -0.467 e. The second kappa shape index (κ2) is 6.57. The van der Waals surface area contributed by atoms with Crippen LogP contribution in [0.2, 0.25) is 0 Å². The lowest BCUT2D eigenvalue weighted by atomic mass is 9.67. The van der Waals surface area contributed by atoms with Gasteiger partial charge in [0.1, 0.15) is 6.04 Å². The molecule has 110 valence electrons. The van der Waals surface area contributed by atoms with E-state index in [9.17, 15) is 9.59 Å². The van der Waals surface area contributed by atoms with E-state index in [1.165, 1.54) is 13.5 Å². The third-order valence-corrected chi connectivity index (χ3v) is 4.39. The van der Waals surface area contributed by atoms with Crippen molar-refractivity contribution in [3.05, 3.63) is 0 Å². The minimum atomic E-state index is -0.569. The first kappa shape index (κ1) is 16.2. The number of esters is 1. The average molecular weight is 291 g/mol. The summed E-state index contributed by atoms with van der Waals surface area (Å²) in [6.45, 7) is 3.32. The standard InChI is InChI=1S/C13H22N2O3.ClH/c1-9(11(16)18-2)15-12(17)13-6-4-3-5-10(13)7-14-8-13;/h9-10,14H,3-8H2,1-2H3,(H,15,17);1H/t9-,10+,13-;/m1./s1. The van der Waals surface area contributed by atoms with Crippen LogP contribution < -0.4 is 10.6 Å². The van der Waals surface area contributed by atoms with Crippen molar-refractivity contribution in [2.24, 2.45) is 11.3 Å². The maximum absolute atomic E-state index is 12.5. The summed E-state index contributed by atoms with van der Waals surface area (Å²) in [5.41, 5.74) is -0.305. The summed E-state index contributed by atoms with van der Waals surface area (Å²) >= 11 is 0. The summed E-state index contributed by atoms with van der Waals surface area (Å²) < 4.78 is 4.64. The fourth-order valence-corrected chi connectivity index (χ4v) is 3.27. The number of halogens is 1. The number of carbonyl (C=O) groups excluding carboxylic acids is 2. The van der Waals surface area contributed by atoms with Crippen LogP contribution in [0.25, 0.3) is 0 Å². The van der Waals surface area contributed by atoms with E-state index in [-0.39, 0.29) is 23.7 Å². The number of methoxy groups -OCH3 is 1. The van der Waals surface area contributed by atoms with E-state index < -0.39 is 12.0 Å². The monoisotopic (exact) mass is 290 g/mol. The third-order valence-electron chi connectivity index (χ3n) is 4.39. The van der Waals surface area contributed by atoms with Crippen molar-refractivity contribution in [2.45, 2.75) is 38.6 Å². The number of hydrogen-bond donors (Lipinski definition) is 2. The summed E-state index contributed by atoms with van der Waals surface area (Å²) in [7, 11) is 1.34. The smallest absolute Gasteiger partial charge is 0.328 e. The molecule has 2 N–H and O–H groups in total. The van der Waals surface area contributed by atoms with E-state index in [2.05, 4.69) is 15.4 Å². The number of nitrogens with one attached hydrogen (secondary N) is 2. The highest BCUT2D eigenvalue weighted by Crippen LogP contribution is 2.43. The molecule has 0 aromatic carbocycles. The molecular weight excluding hydrogens is 268 g/mol. The van der Waals surface area contributed by atoms with Crippen molar-refractivity contribution >= 4 is 24.3 Å². The van der Waals surface area contributed by atoms with Gasteiger partial charge in [0, 0.05) is 6.54 Å². The van der Waals surface area contributed by atoms with Crippen LogP contribution in [0.15, 0.2) is 0 Å². The number of amides is 1. The van der Waals surface area contributed by atoms with Crippen molar-refractivity contribution in [1.29, 1.82) is 0 Å². The van der Waals surface area contributed by atoms with Gasteiger partial charge in [-0.25, -0.2) is 4.79 Å². The molecule has 0 spiro atoms. The van der Waals surface area contributed by atoms with Crippen molar-refractivity contribution in [3.63, 3.8) is 0 Å². The van der Waals surface area contributed by atoms with Crippen LogP contribution in [0.1, 0.15) is 32.6 Å². The van der Waals surface area contributed by atoms with E-state index in [4.69, 9.17) is 0 Å². The summed E-state index contributed by atoms with van der Waals surface area (Å²) in [6, 6.07) is -0.569. The molecule has 6 heteroatoms. The SMILES string of the molecule is COC(=O)[C@@H](C)NC(=O)[C@@]12CCCC[C@H]1CNC2.Cl. The van der Waals surface area contributed by atoms with Crippen molar-refractivity contribution in [2.75, 3.05) is 20.2 Å². The van der Waals surface area contributed by atoms with Gasteiger partial charge in [-0.2, -0.15) is 0 Å². The van der Waals surface area contributed by atoms with Gasteiger partial charge in [-0.3, -0.25) is 4.79 Å². The molecule has 0 aromatic rings. The predicted molar refractivity (Wildman–Crippen MR) is 74.1 cm³/mol. The molecule has 5 nitrogen and oxygen atoms in total. The molecule has 1 aliphatic heterocycles. The average Bonchev–Trinajstić information content (AvgIpc) is 2.82. The first-order valence-electron chi connectivity index (χ1n) is 6.69. The Morgan fingerprint density at radius 1 is 1.42 bits per heavy atom. The fourth-order valence-electron chi connectivity index (χ4n) is 3.27. The van der Waals surface area contributed by atoms with E-state index in [1.807, 2.05) is 0 Å². The highest BCUT2D eigenvalue weighted by molar-refractivity contribution is 5.88. The van der Waals surface area contributed by atoms with Crippen LogP contribution in [0.4, 0.5) is 0 Å². The molecule has 1 aliphatic carbocycles. The normalized spacial score (nSPS) is 30.7. The minimum absolute atomic E-state index is 0. The van der Waals surface area contributed by atoms with Crippen LogP contribution in [0.3, 0.4) is 0 Å². The van der Waals surface area contributed by atoms with Crippen LogP contribution in [-0.2, 0) is 14.3 Å². The first-order valence-corrected chi connectivity index (χ1v) is 6.69. The van der Waals surface area contributed by atoms with Crippen LogP contribution in [-0.4, -0.2) is 38.1 Å². The fraction of sp³-hybridized carbons (Fsp3) is 0.846. The highest BCUT2D eigenvalue weighted by Gasteiger charge is 2.50. The zero-order chi connectivity index (χ0) is 13.2. The van der Waals surface area contributed by atoms with Crippen LogP contribution in [0.5, 0.6) is 0 Å². The zero-order valence-electron chi connectivity index (χ0n) is 11.5. The molecule has 0 aromatic heterocycles. The predicted octanol–water partition coefficient (Wildman–Crippen LogP) is 0.866. The lowest BCUT2D eigenvalue weighted by molar-refractivity contribution is -0.147. The number of rotatable bonds is 3. The molecule has 3 atom stereocenters. The Balaban J connectivity index is 0.00000180. The van der Waals surface area contributed by atoms with Crippen molar-refractivity contribution in [3.8, 4) is 0 Å². The molecule has 1 heterocycles. The number of fused-ring (bicyclic) bond motifs is 1. The Labute approximate surface area is 120 Å². The summed E-state index contributed by atoms with van der Waals surface area (Å²) in [6.07, 6.45) is 4.32. The second-order valence-corrected chi connectivity index (χ2v) is 5.45. The number of hydrogen-bond acceptors (Lipinski definition) is 4. The molecule has 1 saturated heterocycles. The van der Waals surface area contributed by atoms with Gasteiger partial charge in [0.05, 0.1) is 12.5 Å². The van der Waals surface area contributed by atoms with E-state index in [1.54, 1.807) is 6.92 Å². The van der Waals surface area contributed by atoms with Crippen LogP contribution in [0, 0.1) is 11.3 Å². The van der Waals surface area contributed by atoms with Gasteiger partial charge >= 0.3 is 5.97 Å². The Morgan fingerprint density at radius 2 is 2.16 bits per heavy atom. The summed E-state index contributed by atoms with van der Waals surface area (Å²) in [5, 5.41) is 6.13. The van der Waals surface area contributed by atoms with Crippen molar-refractivity contribution in [1.82, 2.24) is 10.6 Å². The van der Waals surface area contributed by atoms with Gasteiger partial charge in [0.2, 0.25) is 5.91 Å². The van der Waals surface area contributed by atoms with Gasteiger partial charge in [0.15, 0.2) is 0 Å². The van der Waals surface area contributed by atoms with E-state index >= 15 is 0 Å². The third kappa shape index (κ3) is 3.03. The van der Waals surface area contributed by atoms with Gasteiger partial charge in [-0.15, -0.1) is 12.4 Å². The van der Waals surface area contributed by atoms with Gasteiger partial charge < -0.3 is 15.4 Å². The molecular formula is C13H23ClN2O3. The molecule has 1 saturated carbocycles. The molecule has 1 amide bonds. The maximum Gasteiger partial charge on any atom is 0.328 e. The molecule has 2 rings (SSSR count). The van der Waals surface area contributed by atoms with Gasteiger partial charge in [-0.1, -0.05) is 12.8 Å². The molecule has 2 fully saturated rings. The molecule has 0 bridgehead atoms. The Morgan fingerprint density at radius 3 is 2.84 bits per heavy atom. The highest BCUT2D eigenvalue weighted by atomic mass is 35.5. The van der Waals surface area contributed by atoms with Crippen LogP contribution >= 0.6 is 12.4 Å².